The van der Waals surface area contributed by atoms with Crippen LogP contribution in [0.15, 0.2) is 60.7 Å². The van der Waals surface area contributed by atoms with Gasteiger partial charge in [0.15, 0.2) is 0 Å². The zero-order chi connectivity index (χ0) is 27.9. The van der Waals surface area contributed by atoms with Crippen LogP contribution in [0.4, 0.5) is 27.5 Å². The van der Waals surface area contributed by atoms with Crippen molar-refractivity contribution in [1.82, 2.24) is 4.90 Å². The number of amides is 3. The molecular formula is C31H39N5O3. The van der Waals surface area contributed by atoms with Crippen molar-refractivity contribution in [2.24, 2.45) is 0 Å². The first-order valence-electron chi connectivity index (χ1n) is 13.6. The lowest BCUT2D eigenvalue weighted by Gasteiger charge is -2.38. The maximum Gasteiger partial charge on any atom is 0.323 e. The summed E-state index contributed by atoms with van der Waals surface area (Å²) >= 11 is 0. The molecular weight excluding hydrogens is 490 g/mol. The fourth-order valence-corrected chi connectivity index (χ4v) is 5.11. The first-order chi connectivity index (χ1) is 18.9. The highest BCUT2D eigenvalue weighted by atomic mass is 16.5. The molecule has 0 aromatic heterocycles. The first kappa shape index (κ1) is 27.8. The van der Waals surface area contributed by atoms with Crippen LogP contribution in [-0.4, -0.2) is 63.2 Å². The van der Waals surface area contributed by atoms with Crippen LogP contribution in [0.3, 0.4) is 0 Å². The predicted molar refractivity (Wildman–Crippen MR) is 160 cm³/mol. The molecule has 8 heteroatoms. The van der Waals surface area contributed by atoms with Crippen molar-refractivity contribution in [2.45, 2.75) is 27.7 Å². The van der Waals surface area contributed by atoms with E-state index in [1.807, 2.05) is 81.1 Å². The molecule has 1 saturated heterocycles. The number of nitrogens with zero attached hydrogens (tertiary/aromatic N) is 3. The highest BCUT2D eigenvalue weighted by molar-refractivity contribution is 6.04. The smallest absolute Gasteiger partial charge is 0.323 e. The van der Waals surface area contributed by atoms with E-state index >= 15 is 0 Å². The van der Waals surface area contributed by atoms with Crippen molar-refractivity contribution in [1.29, 1.82) is 0 Å². The lowest BCUT2D eigenvalue weighted by atomic mass is 10.1. The molecule has 4 rings (SSSR count). The van der Waals surface area contributed by atoms with Gasteiger partial charge in [0.2, 0.25) is 0 Å². The van der Waals surface area contributed by atoms with Gasteiger partial charge in [-0.3, -0.25) is 4.79 Å². The zero-order valence-electron chi connectivity index (χ0n) is 23.6. The minimum atomic E-state index is -0.341. The molecule has 0 radical (unpaired) electrons. The van der Waals surface area contributed by atoms with Gasteiger partial charge < -0.3 is 30.1 Å². The molecule has 0 saturated carbocycles. The molecule has 0 bridgehead atoms. The van der Waals surface area contributed by atoms with Crippen LogP contribution in [0.2, 0.25) is 0 Å². The number of anilines is 4. The number of hydrogen-bond acceptors (Lipinski definition) is 5. The van der Waals surface area contributed by atoms with Gasteiger partial charge in [0.05, 0.1) is 18.4 Å². The minimum absolute atomic E-state index is 0.0408. The fourth-order valence-electron chi connectivity index (χ4n) is 5.11. The topological polar surface area (TPSA) is 77.2 Å². The van der Waals surface area contributed by atoms with Crippen LogP contribution < -0.4 is 25.2 Å². The molecule has 8 nitrogen and oxygen atoms in total. The summed E-state index contributed by atoms with van der Waals surface area (Å²) in [6.45, 7) is 12.2. The number of para-hydroxylation sites is 3. The molecule has 1 aliphatic heterocycles. The van der Waals surface area contributed by atoms with Crippen LogP contribution in [0, 0.1) is 13.8 Å². The predicted octanol–water partition coefficient (Wildman–Crippen LogP) is 5.76. The van der Waals surface area contributed by atoms with Crippen LogP contribution >= 0.6 is 0 Å². The van der Waals surface area contributed by atoms with Gasteiger partial charge in [-0.15, -0.1) is 0 Å². The molecule has 3 aromatic rings. The molecule has 1 aliphatic rings. The molecule has 3 amide bonds. The Balaban J connectivity index is 1.55. The van der Waals surface area contributed by atoms with Gasteiger partial charge in [-0.2, -0.15) is 0 Å². The largest absolute Gasteiger partial charge is 0.495 e. The molecule has 39 heavy (non-hydrogen) atoms. The normalized spacial score (nSPS) is 13.2. The summed E-state index contributed by atoms with van der Waals surface area (Å²) in [5.41, 5.74) is 5.90. The number of carbonyl (C=O) groups is 2. The number of carbonyl (C=O) groups excluding carboxylic acids is 2. The van der Waals surface area contributed by atoms with E-state index in [-0.39, 0.29) is 11.9 Å². The van der Waals surface area contributed by atoms with Crippen LogP contribution in [0.5, 0.6) is 5.75 Å². The van der Waals surface area contributed by atoms with E-state index in [2.05, 4.69) is 26.5 Å². The van der Waals surface area contributed by atoms with E-state index in [0.717, 1.165) is 60.1 Å². The molecule has 1 heterocycles. The summed E-state index contributed by atoms with van der Waals surface area (Å²) in [6.07, 6.45) is 0. The number of hydrogen-bond donors (Lipinski definition) is 2. The van der Waals surface area contributed by atoms with Crippen LogP contribution in [0.1, 0.15) is 35.3 Å². The summed E-state index contributed by atoms with van der Waals surface area (Å²) in [7, 11) is 1.69. The Hall–Kier alpha value is -4.20. The number of nitrogens with one attached hydrogen (secondary N) is 2. The molecule has 0 unspecified atom stereocenters. The van der Waals surface area contributed by atoms with E-state index in [4.69, 9.17) is 4.74 Å². The van der Waals surface area contributed by atoms with E-state index in [1.165, 1.54) is 0 Å². The van der Waals surface area contributed by atoms with Crippen molar-refractivity contribution in [3.8, 4) is 5.75 Å². The number of ether oxygens (including phenoxy) is 1. The lowest BCUT2D eigenvalue weighted by Crippen LogP contribution is -2.47. The SMILES string of the molecule is CCN(CC)C(=O)c1cc(NC(=O)Nc2c(C)cccc2C)ccc1N1CCN(c2ccccc2OC)CC1. The maximum atomic E-state index is 13.6. The average Bonchev–Trinajstić information content (AvgIpc) is 2.95. The Morgan fingerprint density at radius 1 is 0.821 bits per heavy atom. The monoisotopic (exact) mass is 529 g/mol. The second-order valence-corrected chi connectivity index (χ2v) is 9.70. The second-order valence-electron chi connectivity index (χ2n) is 9.70. The molecule has 0 atom stereocenters. The van der Waals surface area contributed by atoms with Crippen molar-refractivity contribution >= 4 is 34.7 Å². The van der Waals surface area contributed by atoms with Gasteiger partial charge in [0, 0.05) is 56.3 Å². The molecule has 3 aromatic carbocycles. The van der Waals surface area contributed by atoms with E-state index in [0.29, 0.717) is 24.3 Å². The Bertz CT molecular complexity index is 1290. The van der Waals surface area contributed by atoms with Crippen LogP contribution in [0.25, 0.3) is 0 Å². The number of piperazine rings is 1. The van der Waals surface area contributed by atoms with Gasteiger partial charge >= 0.3 is 6.03 Å². The molecule has 0 spiro atoms. The van der Waals surface area contributed by atoms with E-state index in [1.54, 1.807) is 13.2 Å². The van der Waals surface area contributed by atoms with Crippen molar-refractivity contribution in [2.75, 3.05) is 66.8 Å². The van der Waals surface area contributed by atoms with Crippen LogP contribution in [-0.2, 0) is 0 Å². The Morgan fingerprint density at radius 3 is 2.05 bits per heavy atom. The molecule has 0 aliphatic carbocycles. The molecule has 1 fully saturated rings. The quantitative estimate of drug-likeness (QED) is 0.388. The third kappa shape index (κ3) is 6.28. The van der Waals surface area contributed by atoms with Gasteiger partial charge in [-0.05, 0) is 69.2 Å². The highest BCUT2D eigenvalue weighted by Gasteiger charge is 2.25. The summed E-state index contributed by atoms with van der Waals surface area (Å²) in [5, 5.41) is 5.88. The minimum Gasteiger partial charge on any atom is -0.495 e. The number of rotatable bonds is 8. The third-order valence-corrected chi connectivity index (χ3v) is 7.30. The first-order valence-corrected chi connectivity index (χ1v) is 13.6. The Morgan fingerprint density at radius 2 is 1.44 bits per heavy atom. The zero-order valence-corrected chi connectivity index (χ0v) is 23.6. The van der Waals surface area contributed by atoms with E-state index < -0.39 is 0 Å². The van der Waals surface area contributed by atoms with E-state index in [9.17, 15) is 9.59 Å². The van der Waals surface area contributed by atoms with Gasteiger partial charge in [0.1, 0.15) is 5.75 Å². The Kier molecular flexibility index (Phi) is 8.96. The maximum absolute atomic E-state index is 13.6. The summed E-state index contributed by atoms with van der Waals surface area (Å²) in [6, 6.07) is 19.2. The van der Waals surface area contributed by atoms with Gasteiger partial charge in [0.25, 0.3) is 5.91 Å². The number of aryl methyl sites for hydroxylation is 2. The molecule has 2 N–H and O–H groups in total. The summed E-state index contributed by atoms with van der Waals surface area (Å²) < 4.78 is 5.56. The summed E-state index contributed by atoms with van der Waals surface area (Å²) in [4.78, 5) is 32.9. The third-order valence-electron chi connectivity index (χ3n) is 7.30. The van der Waals surface area contributed by atoms with Crippen molar-refractivity contribution < 1.29 is 14.3 Å². The number of methoxy groups -OCH3 is 1. The lowest BCUT2D eigenvalue weighted by molar-refractivity contribution is 0.0773. The van der Waals surface area contributed by atoms with Crippen molar-refractivity contribution in [3.63, 3.8) is 0 Å². The standard InChI is InChI=1S/C31H39N5O3/c1-6-34(7-2)30(37)25-21-24(32-31(38)33-29-22(3)11-10-12-23(29)4)15-16-26(25)35-17-19-36(20-18-35)27-13-8-9-14-28(27)39-5/h8-16,21H,6-7,17-20H2,1-5H3,(H2,32,33,38). The second kappa shape index (κ2) is 12.6. The number of benzene rings is 3. The highest BCUT2D eigenvalue weighted by Crippen LogP contribution is 2.31. The average molecular weight is 530 g/mol. The number of urea groups is 1. The fraction of sp³-hybridized carbons (Fsp3) is 0.355. The van der Waals surface area contributed by atoms with Gasteiger partial charge in [-0.1, -0.05) is 30.3 Å². The summed E-state index contributed by atoms with van der Waals surface area (Å²) in [5.74, 6) is 0.818. The molecule has 206 valence electrons. The van der Waals surface area contributed by atoms with Gasteiger partial charge in [-0.25, -0.2) is 4.79 Å². The Labute approximate surface area is 231 Å². The van der Waals surface area contributed by atoms with Crippen molar-refractivity contribution in [3.05, 3.63) is 77.4 Å².